The van der Waals surface area contributed by atoms with E-state index in [0.29, 0.717) is 10.8 Å². The standard InChI is InChI=1S/C23H28ClNO5/c1-15(25-22(27)30-23(3,4)5)21(26)28-16(2)20(17-9-7-6-8-10-17)29-19-13-11-18(24)12-14-19/h6-16,20H,1-5H3,(H,25,27)/t15-,16-,20-/m0/s1. The lowest BCUT2D eigenvalue weighted by atomic mass is 10.0. The Kier molecular flexibility index (Phi) is 8.12. The predicted molar refractivity (Wildman–Crippen MR) is 116 cm³/mol. The zero-order valence-corrected chi connectivity index (χ0v) is 18.6. The van der Waals surface area contributed by atoms with Gasteiger partial charge in [0.2, 0.25) is 0 Å². The number of halogens is 1. The van der Waals surface area contributed by atoms with E-state index < -0.39 is 35.9 Å². The largest absolute Gasteiger partial charge is 0.482 e. The summed E-state index contributed by atoms with van der Waals surface area (Å²) >= 11 is 5.94. The number of ether oxygens (including phenoxy) is 3. The molecule has 2 rings (SSSR count). The highest BCUT2D eigenvalue weighted by atomic mass is 35.5. The van der Waals surface area contributed by atoms with Gasteiger partial charge in [-0.3, -0.25) is 0 Å². The number of rotatable bonds is 7. The number of esters is 1. The maximum absolute atomic E-state index is 12.5. The third-order valence-corrected chi connectivity index (χ3v) is 4.27. The fourth-order valence-corrected chi connectivity index (χ4v) is 2.75. The van der Waals surface area contributed by atoms with Crippen molar-refractivity contribution in [2.75, 3.05) is 0 Å². The van der Waals surface area contributed by atoms with Crippen molar-refractivity contribution >= 4 is 23.7 Å². The molecule has 0 aliphatic carbocycles. The normalized spacial score (nSPS) is 14.2. The van der Waals surface area contributed by atoms with E-state index in [-0.39, 0.29) is 0 Å². The van der Waals surface area contributed by atoms with E-state index in [4.69, 9.17) is 25.8 Å². The summed E-state index contributed by atoms with van der Waals surface area (Å²) in [6.45, 7) is 8.52. The fourth-order valence-electron chi connectivity index (χ4n) is 2.63. The Bertz CT molecular complexity index is 833. The van der Waals surface area contributed by atoms with Crippen LogP contribution in [0.2, 0.25) is 5.02 Å². The number of carbonyl (C=O) groups excluding carboxylic acids is 2. The molecule has 0 bridgehead atoms. The van der Waals surface area contributed by atoms with Crippen LogP contribution in [0.5, 0.6) is 5.75 Å². The summed E-state index contributed by atoms with van der Waals surface area (Å²) in [6, 6.07) is 15.5. The predicted octanol–water partition coefficient (Wildman–Crippen LogP) is 5.31. The Labute approximate surface area is 182 Å². The maximum atomic E-state index is 12.5. The second kappa shape index (κ2) is 10.3. The SMILES string of the molecule is C[C@H](NC(=O)OC(C)(C)C)C(=O)O[C@@H](C)[C@H](Oc1ccc(Cl)cc1)c1ccccc1. The van der Waals surface area contributed by atoms with E-state index in [2.05, 4.69) is 5.32 Å². The third-order valence-electron chi connectivity index (χ3n) is 4.02. The Balaban J connectivity index is 2.08. The minimum atomic E-state index is -0.880. The second-order valence-corrected chi connectivity index (χ2v) is 8.35. The molecule has 2 aromatic rings. The Morgan fingerprint density at radius 2 is 1.57 bits per heavy atom. The molecule has 0 saturated carbocycles. The molecule has 7 heteroatoms. The van der Waals surface area contributed by atoms with Gasteiger partial charge in [-0.05, 0) is 64.4 Å². The van der Waals surface area contributed by atoms with E-state index in [9.17, 15) is 9.59 Å². The van der Waals surface area contributed by atoms with Crippen molar-refractivity contribution in [1.82, 2.24) is 5.32 Å². The van der Waals surface area contributed by atoms with Crippen LogP contribution in [0.4, 0.5) is 4.79 Å². The second-order valence-electron chi connectivity index (χ2n) is 7.91. The molecule has 0 aliphatic heterocycles. The molecule has 0 fully saturated rings. The Morgan fingerprint density at radius 3 is 2.13 bits per heavy atom. The molecule has 0 aliphatic rings. The number of benzene rings is 2. The molecule has 2 aromatic carbocycles. The molecule has 162 valence electrons. The van der Waals surface area contributed by atoms with Crippen molar-refractivity contribution < 1.29 is 23.8 Å². The molecular weight excluding hydrogens is 406 g/mol. The number of carbonyl (C=O) groups is 2. The molecule has 30 heavy (non-hydrogen) atoms. The number of hydrogen-bond donors (Lipinski definition) is 1. The number of amides is 1. The minimum absolute atomic E-state index is 0.551. The molecule has 0 spiro atoms. The van der Waals surface area contributed by atoms with Crippen LogP contribution in [0.3, 0.4) is 0 Å². The first-order chi connectivity index (χ1) is 14.0. The molecule has 6 nitrogen and oxygen atoms in total. The zero-order chi connectivity index (χ0) is 22.3. The van der Waals surface area contributed by atoms with Gasteiger partial charge in [-0.2, -0.15) is 0 Å². The number of alkyl carbamates (subject to hydrolysis) is 1. The average molecular weight is 434 g/mol. The summed E-state index contributed by atoms with van der Waals surface area (Å²) in [5.74, 6) is 0.00470. The summed E-state index contributed by atoms with van der Waals surface area (Å²) in [5, 5.41) is 3.08. The van der Waals surface area contributed by atoms with Gasteiger partial charge < -0.3 is 19.5 Å². The van der Waals surface area contributed by atoms with Crippen molar-refractivity contribution in [3.63, 3.8) is 0 Å². The molecule has 0 aromatic heterocycles. The van der Waals surface area contributed by atoms with E-state index in [1.165, 1.54) is 6.92 Å². The Hall–Kier alpha value is -2.73. The van der Waals surface area contributed by atoms with Gasteiger partial charge in [0.25, 0.3) is 0 Å². The smallest absolute Gasteiger partial charge is 0.408 e. The molecule has 3 atom stereocenters. The molecule has 0 unspecified atom stereocenters. The summed E-state index contributed by atoms with van der Waals surface area (Å²) in [7, 11) is 0. The lowest BCUT2D eigenvalue weighted by Gasteiger charge is -2.27. The quantitative estimate of drug-likeness (QED) is 0.599. The molecule has 1 amide bonds. The van der Waals surface area contributed by atoms with Gasteiger partial charge in [-0.25, -0.2) is 9.59 Å². The van der Waals surface area contributed by atoms with Crippen LogP contribution in [0.25, 0.3) is 0 Å². The van der Waals surface area contributed by atoms with E-state index in [1.807, 2.05) is 30.3 Å². The van der Waals surface area contributed by atoms with Crippen molar-refractivity contribution in [2.45, 2.75) is 58.5 Å². The number of nitrogens with one attached hydrogen (secondary N) is 1. The first-order valence-electron chi connectivity index (χ1n) is 9.72. The Morgan fingerprint density at radius 1 is 0.967 bits per heavy atom. The third kappa shape index (κ3) is 7.59. The lowest BCUT2D eigenvalue weighted by Crippen LogP contribution is -2.43. The van der Waals surface area contributed by atoms with Gasteiger partial charge in [-0.1, -0.05) is 41.9 Å². The highest BCUT2D eigenvalue weighted by Crippen LogP contribution is 2.27. The molecule has 0 saturated heterocycles. The van der Waals surface area contributed by atoms with Crippen molar-refractivity contribution in [3.05, 3.63) is 65.2 Å². The van der Waals surface area contributed by atoms with E-state index >= 15 is 0 Å². The minimum Gasteiger partial charge on any atom is -0.482 e. The molecule has 0 heterocycles. The number of hydrogen-bond acceptors (Lipinski definition) is 5. The highest BCUT2D eigenvalue weighted by Gasteiger charge is 2.28. The first-order valence-corrected chi connectivity index (χ1v) is 10.1. The van der Waals surface area contributed by atoms with Gasteiger partial charge >= 0.3 is 12.1 Å². The van der Waals surface area contributed by atoms with Crippen LogP contribution in [0, 0.1) is 0 Å². The highest BCUT2D eigenvalue weighted by molar-refractivity contribution is 6.30. The summed E-state index contributed by atoms with van der Waals surface area (Å²) in [6.07, 6.45) is -1.86. The van der Waals surface area contributed by atoms with Gasteiger partial charge in [0.05, 0.1) is 0 Å². The zero-order valence-electron chi connectivity index (χ0n) is 17.8. The average Bonchev–Trinajstić information content (AvgIpc) is 2.66. The van der Waals surface area contributed by atoms with E-state index in [1.54, 1.807) is 52.0 Å². The van der Waals surface area contributed by atoms with Crippen LogP contribution in [-0.4, -0.2) is 29.8 Å². The molecule has 1 N–H and O–H groups in total. The summed E-state index contributed by atoms with van der Waals surface area (Å²) in [5.41, 5.74) is 0.187. The van der Waals surface area contributed by atoms with Crippen molar-refractivity contribution in [2.24, 2.45) is 0 Å². The van der Waals surface area contributed by atoms with E-state index in [0.717, 1.165) is 5.56 Å². The van der Waals surface area contributed by atoms with Gasteiger partial charge in [0.15, 0.2) is 6.10 Å². The summed E-state index contributed by atoms with van der Waals surface area (Å²) in [4.78, 5) is 24.4. The first kappa shape index (κ1) is 23.5. The van der Waals surface area contributed by atoms with Crippen LogP contribution in [0.1, 0.15) is 46.3 Å². The monoisotopic (exact) mass is 433 g/mol. The van der Waals surface area contributed by atoms with Crippen LogP contribution >= 0.6 is 11.6 Å². The van der Waals surface area contributed by atoms with Gasteiger partial charge in [0, 0.05) is 5.02 Å². The fraction of sp³-hybridized carbons (Fsp3) is 0.391. The van der Waals surface area contributed by atoms with Gasteiger partial charge in [0.1, 0.15) is 23.5 Å². The molecular formula is C23H28ClNO5. The van der Waals surface area contributed by atoms with Crippen molar-refractivity contribution in [3.8, 4) is 5.75 Å². The van der Waals surface area contributed by atoms with Crippen LogP contribution in [-0.2, 0) is 14.3 Å². The van der Waals surface area contributed by atoms with Crippen molar-refractivity contribution in [1.29, 1.82) is 0 Å². The topological polar surface area (TPSA) is 73.9 Å². The van der Waals surface area contributed by atoms with Crippen LogP contribution in [0.15, 0.2) is 54.6 Å². The maximum Gasteiger partial charge on any atom is 0.408 e. The van der Waals surface area contributed by atoms with Crippen LogP contribution < -0.4 is 10.1 Å². The summed E-state index contributed by atoms with van der Waals surface area (Å²) < 4.78 is 16.9. The lowest BCUT2D eigenvalue weighted by molar-refractivity contribution is -0.155. The van der Waals surface area contributed by atoms with Gasteiger partial charge in [-0.15, -0.1) is 0 Å². The molecule has 0 radical (unpaired) electrons.